The highest BCUT2D eigenvalue weighted by atomic mass is 15.2. The van der Waals surface area contributed by atoms with Crippen LogP contribution < -0.4 is 5.73 Å². The van der Waals surface area contributed by atoms with E-state index in [4.69, 9.17) is 5.73 Å². The third kappa shape index (κ3) is 2.76. The maximum absolute atomic E-state index is 5.72. The first-order chi connectivity index (χ1) is 5.88. The molecule has 1 aliphatic rings. The molecular formula is C10H22N2. The van der Waals surface area contributed by atoms with Gasteiger partial charge in [0.05, 0.1) is 0 Å². The van der Waals surface area contributed by atoms with Gasteiger partial charge < -0.3 is 5.73 Å². The molecule has 1 saturated heterocycles. The van der Waals surface area contributed by atoms with Gasteiger partial charge in [0.25, 0.3) is 0 Å². The summed E-state index contributed by atoms with van der Waals surface area (Å²) in [5, 5.41) is 0. The number of likely N-dealkylation sites (tertiary alicyclic amines) is 1. The lowest BCUT2D eigenvalue weighted by Crippen LogP contribution is -2.44. The van der Waals surface area contributed by atoms with Crippen molar-refractivity contribution in [2.45, 2.75) is 45.1 Å². The number of piperidine rings is 1. The molecule has 2 heteroatoms. The monoisotopic (exact) mass is 170 g/mol. The van der Waals surface area contributed by atoms with Crippen LogP contribution in [0, 0.1) is 0 Å². The van der Waals surface area contributed by atoms with Gasteiger partial charge in [-0.1, -0.05) is 19.8 Å². The smallest absolute Gasteiger partial charge is 0.0218 e. The molecular weight excluding hydrogens is 148 g/mol. The maximum atomic E-state index is 5.72. The first-order valence-electron chi connectivity index (χ1n) is 5.32. The van der Waals surface area contributed by atoms with Crippen molar-refractivity contribution in [3.05, 3.63) is 0 Å². The summed E-state index contributed by atoms with van der Waals surface area (Å²) in [5.74, 6) is 0. The van der Waals surface area contributed by atoms with E-state index in [0.717, 1.165) is 6.54 Å². The van der Waals surface area contributed by atoms with Crippen molar-refractivity contribution < 1.29 is 0 Å². The van der Waals surface area contributed by atoms with Gasteiger partial charge in [-0.2, -0.15) is 0 Å². The van der Waals surface area contributed by atoms with Crippen LogP contribution in [0.4, 0.5) is 0 Å². The molecule has 0 radical (unpaired) electrons. The molecule has 0 spiro atoms. The molecule has 1 aliphatic heterocycles. The van der Waals surface area contributed by atoms with E-state index < -0.39 is 0 Å². The van der Waals surface area contributed by atoms with Gasteiger partial charge in [0.15, 0.2) is 0 Å². The Morgan fingerprint density at radius 3 is 2.92 bits per heavy atom. The molecule has 0 saturated carbocycles. The Hall–Kier alpha value is -0.0800. The van der Waals surface area contributed by atoms with Crippen LogP contribution in [0.2, 0.25) is 0 Å². The molecule has 1 fully saturated rings. The minimum absolute atomic E-state index is 0.685. The largest absolute Gasteiger partial charge is 0.329 e. The fourth-order valence-corrected chi connectivity index (χ4v) is 1.98. The summed E-state index contributed by atoms with van der Waals surface area (Å²) in [4.78, 5) is 2.58. The van der Waals surface area contributed by atoms with Crippen molar-refractivity contribution in [1.29, 1.82) is 0 Å². The van der Waals surface area contributed by atoms with Gasteiger partial charge in [0.2, 0.25) is 0 Å². The Kier molecular flexibility index (Phi) is 4.62. The molecule has 2 nitrogen and oxygen atoms in total. The molecule has 1 atom stereocenters. The number of unbranched alkanes of at least 4 members (excludes halogenated alkanes) is 1. The van der Waals surface area contributed by atoms with Gasteiger partial charge in [-0.15, -0.1) is 0 Å². The van der Waals surface area contributed by atoms with Crippen molar-refractivity contribution in [2.75, 3.05) is 19.6 Å². The molecule has 0 unspecified atom stereocenters. The minimum atomic E-state index is 0.685. The van der Waals surface area contributed by atoms with Crippen molar-refractivity contribution in [3.8, 4) is 0 Å². The zero-order chi connectivity index (χ0) is 8.81. The van der Waals surface area contributed by atoms with Gasteiger partial charge >= 0.3 is 0 Å². The Balaban J connectivity index is 2.26. The van der Waals surface area contributed by atoms with E-state index in [-0.39, 0.29) is 0 Å². The SMILES string of the molecule is CCCCN1CCCC[C@@H]1CN. The van der Waals surface area contributed by atoms with Crippen molar-refractivity contribution in [2.24, 2.45) is 5.73 Å². The second-order valence-electron chi connectivity index (χ2n) is 3.77. The summed E-state index contributed by atoms with van der Waals surface area (Å²) < 4.78 is 0. The summed E-state index contributed by atoms with van der Waals surface area (Å²) in [6.45, 7) is 5.64. The molecule has 0 aromatic carbocycles. The van der Waals surface area contributed by atoms with E-state index in [2.05, 4.69) is 11.8 Å². The number of hydrogen-bond acceptors (Lipinski definition) is 2. The number of rotatable bonds is 4. The van der Waals surface area contributed by atoms with Crippen LogP contribution in [0.3, 0.4) is 0 Å². The average Bonchev–Trinajstić information content (AvgIpc) is 2.15. The fourth-order valence-electron chi connectivity index (χ4n) is 1.98. The third-order valence-electron chi connectivity index (χ3n) is 2.82. The van der Waals surface area contributed by atoms with Crippen LogP contribution in [0.25, 0.3) is 0 Å². The first kappa shape index (κ1) is 10.0. The summed E-state index contributed by atoms with van der Waals surface area (Å²) in [5.41, 5.74) is 5.72. The highest BCUT2D eigenvalue weighted by molar-refractivity contribution is 4.76. The lowest BCUT2D eigenvalue weighted by molar-refractivity contribution is 0.151. The van der Waals surface area contributed by atoms with E-state index in [1.807, 2.05) is 0 Å². The predicted octanol–water partition coefficient (Wildman–Crippen LogP) is 1.60. The molecule has 0 amide bonds. The van der Waals surface area contributed by atoms with E-state index in [1.165, 1.54) is 45.2 Å². The zero-order valence-corrected chi connectivity index (χ0v) is 8.26. The Labute approximate surface area is 76.1 Å². The molecule has 0 aliphatic carbocycles. The number of nitrogens with zero attached hydrogens (tertiary/aromatic N) is 1. The molecule has 72 valence electrons. The summed E-state index contributed by atoms with van der Waals surface area (Å²) >= 11 is 0. The molecule has 0 aromatic rings. The Bertz CT molecular complexity index is 114. The molecule has 0 aromatic heterocycles. The van der Waals surface area contributed by atoms with Crippen LogP contribution in [-0.2, 0) is 0 Å². The molecule has 12 heavy (non-hydrogen) atoms. The van der Waals surface area contributed by atoms with Gasteiger partial charge in [0.1, 0.15) is 0 Å². The zero-order valence-electron chi connectivity index (χ0n) is 8.26. The predicted molar refractivity (Wildman–Crippen MR) is 53.2 cm³/mol. The van der Waals surface area contributed by atoms with Crippen LogP contribution in [0.15, 0.2) is 0 Å². The van der Waals surface area contributed by atoms with Crippen LogP contribution in [0.5, 0.6) is 0 Å². The maximum Gasteiger partial charge on any atom is 0.0218 e. The van der Waals surface area contributed by atoms with Crippen molar-refractivity contribution in [1.82, 2.24) is 4.90 Å². The molecule has 2 N–H and O–H groups in total. The Morgan fingerprint density at radius 1 is 1.42 bits per heavy atom. The highest BCUT2D eigenvalue weighted by Crippen LogP contribution is 2.16. The molecule has 1 heterocycles. The third-order valence-corrected chi connectivity index (χ3v) is 2.82. The van der Waals surface area contributed by atoms with Gasteiger partial charge in [-0.3, -0.25) is 4.90 Å². The van der Waals surface area contributed by atoms with Crippen LogP contribution >= 0.6 is 0 Å². The Morgan fingerprint density at radius 2 is 2.25 bits per heavy atom. The summed E-state index contributed by atoms with van der Waals surface area (Å²) in [7, 11) is 0. The molecule has 0 bridgehead atoms. The van der Waals surface area contributed by atoms with E-state index in [1.54, 1.807) is 0 Å². The fraction of sp³-hybridized carbons (Fsp3) is 1.00. The lowest BCUT2D eigenvalue weighted by Gasteiger charge is -2.34. The first-order valence-corrected chi connectivity index (χ1v) is 5.32. The van der Waals surface area contributed by atoms with Crippen molar-refractivity contribution in [3.63, 3.8) is 0 Å². The van der Waals surface area contributed by atoms with Gasteiger partial charge in [-0.25, -0.2) is 0 Å². The second-order valence-corrected chi connectivity index (χ2v) is 3.77. The summed E-state index contributed by atoms with van der Waals surface area (Å²) in [6.07, 6.45) is 6.70. The standard InChI is InChI=1S/C10H22N2/c1-2-3-7-12-8-5-4-6-10(12)9-11/h10H,2-9,11H2,1H3/t10-/m1/s1. The summed E-state index contributed by atoms with van der Waals surface area (Å²) in [6, 6.07) is 0.685. The van der Waals surface area contributed by atoms with E-state index >= 15 is 0 Å². The van der Waals surface area contributed by atoms with Crippen LogP contribution in [-0.4, -0.2) is 30.6 Å². The highest BCUT2D eigenvalue weighted by Gasteiger charge is 2.19. The van der Waals surface area contributed by atoms with E-state index in [0.29, 0.717) is 6.04 Å². The second kappa shape index (κ2) is 5.55. The van der Waals surface area contributed by atoms with Gasteiger partial charge in [-0.05, 0) is 32.4 Å². The van der Waals surface area contributed by atoms with Crippen LogP contribution in [0.1, 0.15) is 39.0 Å². The van der Waals surface area contributed by atoms with Crippen molar-refractivity contribution >= 4 is 0 Å². The topological polar surface area (TPSA) is 29.3 Å². The van der Waals surface area contributed by atoms with E-state index in [9.17, 15) is 0 Å². The molecule has 1 rings (SSSR count). The number of nitrogens with two attached hydrogens (primary N) is 1. The van der Waals surface area contributed by atoms with Gasteiger partial charge in [0, 0.05) is 12.6 Å². The number of hydrogen-bond donors (Lipinski definition) is 1. The minimum Gasteiger partial charge on any atom is -0.329 e. The quantitative estimate of drug-likeness (QED) is 0.694. The lowest BCUT2D eigenvalue weighted by atomic mass is 10.0. The average molecular weight is 170 g/mol. The normalized spacial score (nSPS) is 26.0.